The van der Waals surface area contributed by atoms with Crippen molar-refractivity contribution < 1.29 is 9.47 Å². The van der Waals surface area contributed by atoms with Crippen LogP contribution in [-0.4, -0.2) is 47.3 Å². The van der Waals surface area contributed by atoms with Gasteiger partial charge in [0, 0.05) is 32.4 Å². The Hall–Kier alpha value is -2.47. The second-order valence-corrected chi connectivity index (χ2v) is 9.39. The molecule has 0 saturated carbocycles. The number of imidazole rings is 1. The van der Waals surface area contributed by atoms with Gasteiger partial charge in [-0.2, -0.15) is 0 Å². The van der Waals surface area contributed by atoms with Gasteiger partial charge in [0.2, 0.25) is 0 Å². The minimum atomic E-state index is -0.0832. The van der Waals surface area contributed by atoms with Crippen LogP contribution in [0, 0.1) is 0 Å². The molecule has 5 heteroatoms. The Morgan fingerprint density at radius 2 is 1.76 bits per heavy atom. The van der Waals surface area contributed by atoms with Gasteiger partial charge in [-0.3, -0.25) is 0 Å². The summed E-state index contributed by atoms with van der Waals surface area (Å²) >= 11 is 0. The van der Waals surface area contributed by atoms with Crippen LogP contribution in [0.25, 0.3) is 0 Å². The van der Waals surface area contributed by atoms with Crippen molar-refractivity contribution in [1.29, 1.82) is 0 Å². The SMILES string of the molecule is CN1CCC(OC2c3ccccc3CCn3cc(CCCOCc4ccccc4)nc32)CC1. The molecule has 0 bridgehead atoms. The fourth-order valence-electron chi connectivity index (χ4n) is 4.96. The Morgan fingerprint density at radius 3 is 2.61 bits per heavy atom. The molecule has 33 heavy (non-hydrogen) atoms. The number of ether oxygens (including phenoxy) is 2. The number of likely N-dealkylation sites (tertiary alicyclic amines) is 1. The zero-order valence-electron chi connectivity index (χ0n) is 19.7. The van der Waals surface area contributed by atoms with Gasteiger partial charge in [0.05, 0.1) is 18.4 Å². The van der Waals surface area contributed by atoms with Crippen molar-refractivity contribution in [2.24, 2.45) is 0 Å². The topological polar surface area (TPSA) is 39.5 Å². The van der Waals surface area contributed by atoms with Crippen LogP contribution >= 0.6 is 0 Å². The molecular formula is C28H35N3O2. The van der Waals surface area contributed by atoms with Gasteiger partial charge in [-0.05, 0) is 55.8 Å². The lowest BCUT2D eigenvalue weighted by Gasteiger charge is -2.32. The quantitative estimate of drug-likeness (QED) is 0.468. The number of fused-ring (bicyclic) bond motifs is 2. The summed E-state index contributed by atoms with van der Waals surface area (Å²) in [5, 5.41) is 0. The molecule has 5 rings (SSSR count). The van der Waals surface area contributed by atoms with Crippen LogP contribution in [0.1, 0.15) is 53.6 Å². The normalized spacial score (nSPS) is 19.1. The van der Waals surface area contributed by atoms with Crippen LogP contribution in [0.15, 0.2) is 60.8 Å². The van der Waals surface area contributed by atoms with Crippen molar-refractivity contribution in [3.05, 3.63) is 89.0 Å². The van der Waals surface area contributed by atoms with Crippen molar-refractivity contribution in [3.8, 4) is 0 Å². The lowest BCUT2D eigenvalue weighted by atomic mass is 10.00. The predicted octanol–water partition coefficient (Wildman–Crippen LogP) is 4.79. The van der Waals surface area contributed by atoms with Crippen molar-refractivity contribution >= 4 is 0 Å². The highest BCUT2D eigenvalue weighted by Gasteiger charge is 2.30. The minimum Gasteiger partial charge on any atom is -0.377 e. The number of aryl methyl sites for hydroxylation is 3. The number of aromatic nitrogens is 2. The van der Waals surface area contributed by atoms with Gasteiger partial charge < -0.3 is 18.9 Å². The van der Waals surface area contributed by atoms with Crippen molar-refractivity contribution in [2.45, 2.75) is 57.5 Å². The van der Waals surface area contributed by atoms with E-state index in [9.17, 15) is 0 Å². The summed E-state index contributed by atoms with van der Waals surface area (Å²) in [4.78, 5) is 7.49. The molecule has 1 unspecified atom stereocenters. The highest BCUT2D eigenvalue weighted by Crippen LogP contribution is 2.34. The first-order chi connectivity index (χ1) is 16.3. The van der Waals surface area contributed by atoms with E-state index in [1.54, 1.807) is 0 Å². The first-order valence-electron chi connectivity index (χ1n) is 12.4. The van der Waals surface area contributed by atoms with Crippen LogP contribution in [0.5, 0.6) is 0 Å². The molecule has 3 aromatic rings. The molecule has 1 aromatic heterocycles. The number of piperidine rings is 1. The highest BCUT2D eigenvalue weighted by molar-refractivity contribution is 5.35. The third-order valence-corrected chi connectivity index (χ3v) is 6.88. The molecule has 0 aliphatic carbocycles. The van der Waals surface area contributed by atoms with Crippen LogP contribution in [0.2, 0.25) is 0 Å². The van der Waals surface area contributed by atoms with E-state index in [-0.39, 0.29) is 12.2 Å². The van der Waals surface area contributed by atoms with Crippen molar-refractivity contribution in [1.82, 2.24) is 14.5 Å². The van der Waals surface area contributed by atoms with Gasteiger partial charge in [-0.15, -0.1) is 0 Å². The Bertz CT molecular complexity index is 1020. The number of hydrogen-bond donors (Lipinski definition) is 0. The fourth-order valence-corrected chi connectivity index (χ4v) is 4.96. The average Bonchev–Trinajstić information content (AvgIpc) is 3.20. The maximum absolute atomic E-state index is 6.78. The van der Waals surface area contributed by atoms with E-state index >= 15 is 0 Å². The summed E-state index contributed by atoms with van der Waals surface area (Å²) in [7, 11) is 2.19. The summed E-state index contributed by atoms with van der Waals surface area (Å²) in [6.45, 7) is 4.57. The van der Waals surface area contributed by atoms with Gasteiger partial charge >= 0.3 is 0 Å². The third kappa shape index (κ3) is 5.55. The molecule has 3 heterocycles. The van der Waals surface area contributed by atoms with E-state index in [0.717, 1.165) is 69.9 Å². The number of rotatable bonds is 8. The number of hydrogen-bond acceptors (Lipinski definition) is 4. The largest absolute Gasteiger partial charge is 0.377 e. The van der Waals surface area contributed by atoms with Crippen molar-refractivity contribution in [3.63, 3.8) is 0 Å². The van der Waals surface area contributed by atoms with E-state index in [1.807, 2.05) is 6.07 Å². The maximum atomic E-state index is 6.78. The van der Waals surface area contributed by atoms with E-state index in [1.165, 1.54) is 16.7 Å². The Labute approximate surface area is 197 Å². The van der Waals surface area contributed by atoms with E-state index in [4.69, 9.17) is 14.5 Å². The van der Waals surface area contributed by atoms with Gasteiger partial charge in [0.1, 0.15) is 11.9 Å². The standard InChI is InChI=1S/C28H35N3O2/c1-30-16-14-25(15-17-30)33-27-26-12-6-5-10-23(26)13-18-31-20-24(29-28(27)31)11-7-19-32-21-22-8-3-2-4-9-22/h2-6,8-10,12,20,25,27H,7,11,13-19,21H2,1H3. The monoisotopic (exact) mass is 445 g/mol. The minimum absolute atomic E-state index is 0.0832. The molecule has 5 nitrogen and oxygen atoms in total. The Morgan fingerprint density at radius 1 is 0.970 bits per heavy atom. The molecule has 2 aliphatic heterocycles. The van der Waals surface area contributed by atoms with E-state index in [2.05, 4.69) is 71.2 Å². The zero-order chi connectivity index (χ0) is 22.5. The second-order valence-electron chi connectivity index (χ2n) is 9.39. The van der Waals surface area contributed by atoms with Crippen LogP contribution < -0.4 is 0 Å². The molecule has 2 aromatic carbocycles. The molecule has 2 aliphatic rings. The Balaban J connectivity index is 1.25. The van der Waals surface area contributed by atoms with E-state index < -0.39 is 0 Å². The summed E-state index contributed by atoms with van der Waals surface area (Å²) in [5.41, 5.74) is 5.04. The van der Waals surface area contributed by atoms with Gasteiger partial charge in [-0.1, -0.05) is 54.6 Å². The van der Waals surface area contributed by atoms with Crippen LogP contribution in [-0.2, 0) is 35.5 Å². The predicted molar refractivity (Wildman–Crippen MR) is 130 cm³/mol. The molecule has 0 radical (unpaired) electrons. The lowest BCUT2D eigenvalue weighted by molar-refractivity contribution is -0.0276. The maximum Gasteiger partial charge on any atom is 0.142 e. The molecule has 1 fully saturated rings. The number of benzene rings is 2. The second kappa shape index (κ2) is 10.6. The molecular weight excluding hydrogens is 410 g/mol. The summed E-state index contributed by atoms with van der Waals surface area (Å²) in [5.74, 6) is 1.07. The lowest BCUT2D eigenvalue weighted by Crippen LogP contribution is -2.35. The summed E-state index contributed by atoms with van der Waals surface area (Å²) in [6, 6.07) is 19.1. The van der Waals surface area contributed by atoms with Crippen LogP contribution in [0.3, 0.4) is 0 Å². The van der Waals surface area contributed by atoms with E-state index in [0.29, 0.717) is 6.61 Å². The zero-order valence-corrected chi connectivity index (χ0v) is 19.7. The third-order valence-electron chi connectivity index (χ3n) is 6.88. The van der Waals surface area contributed by atoms with Gasteiger partial charge in [0.15, 0.2) is 0 Å². The first-order valence-corrected chi connectivity index (χ1v) is 12.4. The molecule has 174 valence electrons. The van der Waals surface area contributed by atoms with Gasteiger partial charge in [0.25, 0.3) is 0 Å². The van der Waals surface area contributed by atoms with Gasteiger partial charge in [-0.25, -0.2) is 4.98 Å². The van der Waals surface area contributed by atoms with Crippen LogP contribution in [0.4, 0.5) is 0 Å². The first kappa shape index (κ1) is 22.3. The number of nitrogens with zero attached hydrogens (tertiary/aromatic N) is 3. The molecule has 0 amide bonds. The molecule has 1 saturated heterocycles. The smallest absolute Gasteiger partial charge is 0.142 e. The molecule has 1 atom stereocenters. The molecule has 0 spiro atoms. The van der Waals surface area contributed by atoms with Crippen molar-refractivity contribution in [2.75, 3.05) is 26.7 Å². The summed E-state index contributed by atoms with van der Waals surface area (Å²) < 4.78 is 15.0. The average molecular weight is 446 g/mol. The summed E-state index contributed by atoms with van der Waals surface area (Å²) in [6.07, 6.45) is 7.54. The highest BCUT2D eigenvalue weighted by atomic mass is 16.5. The molecule has 0 N–H and O–H groups in total. The fraction of sp³-hybridized carbons (Fsp3) is 0.464. The Kier molecular flexibility index (Phi) is 7.20.